The normalized spacial score (nSPS) is 13.5. The van der Waals surface area contributed by atoms with Gasteiger partial charge in [-0.3, -0.25) is 9.59 Å². The summed E-state index contributed by atoms with van der Waals surface area (Å²) in [6, 6.07) is 13.7. The van der Waals surface area contributed by atoms with Gasteiger partial charge in [-0.15, -0.1) is 0 Å². The van der Waals surface area contributed by atoms with E-state index in [9.17, 15) is 14.4 Å². The summed E-state index contributed by atoms with van der Waals surface area (Å²) < 4.78 is 4.94. The van der Waals surface area contributed by atoms with Crippen molar-refractivity contribution in [2.75, 3.05) is 23.4 Å². The summed E-state index contributed by atoms with van der Waals surface area (Å²) >= 11 is 0. The fourth-order valence-electron chi connectivity index (χ4n) is 3.64. The van der Waals surface area contributed by atoms with Crippen LogP contribution in [0.4, 0.5) is 16.2 Å². The van der Waals surface area contributed by atoms with Gasteiger partial charge in [0, 0.05) is 17.9 Å². The predicted octanol–water partition coefficient (Wildman–Crippen LogP) is 3.53. The molecule has 0 saturated carbocycles. The van der Waals surface area contributed by atoms with Gasteiger partial charge in [0.1, 0.15) is 6.04 Å². The molecule has 31 heavy (non-hydrogen) atoms. The highest BCUT2D eigenvalue weighted by Gasteiger charge is 2.32. The lowest BCUT2D eigenvalue weighted by Gasteiger charge is -2.27. The van der Waals surface area contributed by atoms with Crippen LogP contribution in [-0.4, -0.2) is 37.1 Å². The Labute approximate surface area is 182 Å². The van der Waals surface area contributed by atoms with E-state index in [1.807, 2.05) is 38.1 Å². The maximum Gasteiger partial charge on any atom is 0.319 e. The monoisotopic (exact) mass is 423 g/mol. The fraction of sp³-hybridized carbons (Fsp3) is 0.375. The van der Waals surface area contributed by atoms with Gasteiger partial charge < -0.3 is 20.3 Å². The Bertz CT molecular complexity index is 940. The number of anilines is 2. The van der Waals surface area contributed by atoms with Crippen molar-refractivity contribution in [1.29, 1.82) is 0 Å². The molecule has 7 heteroatoms. The van der Waals surface area contributed by atoms with E-state index in [-0.39, 0.29) is 24.2 Å². The van der Waals surface area contributed by atoms with Crippen LogP contribution in [0.2, 0.25) is 0 Å². The molecule has 0 aromatic heterocycles. The van der Waals surface area contributed by atoms with Crippen molar-refractivity contribution >= 4 is 29.3 Å². The van der Waals surface area contributed by atoms with E-state index in [2.05, 4.69) is 10.6 Å². The highest BCUT2D eigenvalue weighted by Crippen LogP contribution is 2.28. The zero-order valence-electron chi connectivity index (χ0n) is 18.2. The van der Waals surface area contributed by atoms with Crippen molar-refractivity contribution in [3.05, 3.63) is 59.7 Å². The van der Waals surface area contributed by atoms with Gasteiger partial charge in [-0.1, -0.05) is 44.2 Å². The van der Waals surface area contributed by atoms with Crippen molar-refractivity contribution in [3.63, 3.8) is 0 Å². The summed E-state index contributed by atoms with van der Waals surface area (Å²) in [4.78, 5) is 39.1. The van der Waals surface area contributed by atoms with Crippen LogP contribution in [0.25, 0.3) is 0 Å². The maximum absolute atomic E-state index is 13.2. The molecule has 2 N–H and O–H groups in total. The molecule has 0 bridgehead atoms. The Morgan fingerprint density at radius 2 is 1.77 bits per heavy atom. The van der Waals surface area contributed by atoms with Gasteiger partial charge in [0.15, 0.2) is 0 Å². The van der Waals surface area contributed by atoms with Gasteiger partial charge in [-0.2, -0.15) is 0 Å². The van der Waals surface area contributed by atoms with E-state index in [0.717, 1.165) is 23.2 Å². The summed E-state index contributed by atoms with van der Waals surface area (Å²) in [5.74, 6) is -0.472. The average molecular weight is 424 g/mol. The molecule has 3 amide bonds. The smallest absolute Gasteiger partial charge is 0.319 e. The first-order valence-electron chi connectivity index (χ1n) is 10.6. The Morgan fingerprint density at radius 3 is 2.45 bits per heavy atom. The molecule has 1 atom stereocenters. The first-order valence-corrected chi connectivity index (χ1v) is 10.6. The number of para-hydroxylation sites is 1. The lowest BCUT2D eigenvalue weighted by Crippen LogP contribution is -2.52. The SMILES string of the molecule is CCOC(=O)Cc1ccc(NC(=O)N[C@H](C(=O)N2CCc3ccccc32)C(C)C)cc1. The largest absolute Gasteiger partial charge is 0.466 e. The first kappa shape index (κ1) is 22.3. The quantitative estimate of drug-likeness (QED) is 0.667. The van der Waals surface area contributed by atoms with E-state index in [4.69, 9.17) is 4.74 Å². The van der Waals surface area contributed by atoms with Crippen LogP contribution >= 0.6 is 0 Å². The van der Waals surface area contributed by atoms with Crippen LogP contribution in [0.3, 0.4) is 0 Å². The number of fused-ring (bicyclic) bond motifs is 1. The van der Waals surface area contributed by atoms with E-state index in [1.165, 1.54) is 0 Å². The molecule has 0 radical (unpaired) electrons. The number of nitrogens with one attached hydrogen (secondary N) is 2. The molecule has 0 fully saturated rings. The molecule has 0 unspecified atom stereocenters. The van der Waals surface area contributed by atoms with Crippen LogP contribution in [0.15, 0.2) is 48.5 Å². The third-order valence-corrected chi connectivity index (χ3v) is 5.24. The molecule has 7 nitrogen and oxygen atoms in total. The Balaban J connectivity index is 1.61. The molecule has 1 heterocycles. The van der Waals surface area contributed by atoms with Crippen molar-refractivity contribution in [2.45, 2.75) is 39.7 Å². The second kappa shape index (κ2) is 10.1. The topological polar surface area (TPSA) is 87.7 Å². The molecule has 164 valence electrons. The third-order valence-electron chi connectivity index (χ3n) is 5.24. The van der Waals surface area contributed by atoms with Crippen LogP contribution in [0, 0.1) is 5.92 Å². The minimum atomic E-state index is -0.644. The van der Waals surface area contributed by atoms with Crippen molar-refractivity contribution in [2.24, 2.45) is 5.92 Å². The molecule has 0 aliphatic carbocycles. The van der Waals surface area contributed by atoms with Crippen LogP contribution in [0.5, 0.6) is 0 Å². The second-order valence-electron chi connectivity index (χ2n) is 7.87. The standard InChI is InChI=1S/C24H29N3O4/c1-4-31-21(28)15-17-9-11-19(12-10-17)25-24(30)26-22(16(2)3)23(29)27-14-13-18-7-5-6-8-20(18)27/h5-12,16,22H,4,13-15H2,1-3H3,(H2,25,26,30)/t22-/m0/s1. The van der Waals surface area contributed by atoms with Gasteiger partial charge in [0.25, 0.3) is 0 Å². The van der Waals surface area contributed by atoms with Crippen LogP contribution in [-0.2, 0) is 27.2 Å². The highest BCUT2D eigenvalue weighted by atomic mass is 16.5. The van der Waals surface area contributed by atoms with Gasteiger partial charge in [-0.05, 0) is 48.6 Å². The number of nitrogens with zero attached hydrogens (tertiary/aromatic N) is 1. The third kappa shape index (κ3) is 5.63. The molecule has 0 saturated heterocycles. The molecule has 1 aliphatic heterocycles. The van der Waals surface area contributed by atoms with Crippen molar-refractivity contribution < 1.29 is 19.1 Å². The Hall–Kier alpha value is -3.35. The minimum Gasteiger partial charge on any atom is -0.466 e. The number of urea groups is 1. The summed E-state index contributed by atoms with van der Waals surface area (Å²) in [5, 5.41) is 5.58. The Kier molecular flexibility index (Phi) is 7.28. The number of amides is 3. The predicted molar refractivity (Wildman–Crippen MR) is 120 cm³/mol. The van der Waals surface area contributed by atoms with E-state index >= 15 is 0 Å². The average Bonchev–Trinajstić information content (AvgIpc) is 3.17. The lowest BCUT2D eigenvalue weighted by molar-refractivity contribution is -0.142. The minimum absolute atomic E-state index is 0.0713. The summed E-state index contributed by atoms with van der Waals surface area (Å²) in [5.41, 5.74) is 3.43. The Morgan fingerprint density at radius 1 is 1.06 bits per heavy atom. The van der Waals surface area contributed by atoms with Crippen LogP contribution in [0.1, 0.15) is 31.9 Å². The number of benzene rings is 2. The van der Waals surface area contributed by atoms with Crippen molar-refractivity contribution in [1.82, 2.24) is 5.32 Å². The second-order valence-corrected chi connectivity index (χ2v) is 7.87. The van der Waals surface area contributed by atoms with Gasteiger partial charge in [-0.25, -0.2) is 4.79 Å². The number of carbonyl (C=O) groups is 3. The molecule has 2 aromatic rings. The summed E-state index contributed by atoms with van der Waals surface area (Å²) in [6.07, 6.45) is 0.999. The van der Waals surface area contributed by atoms with Gasteiger partial charge in [0.05, 0.1) is 13.0 Å². The van der Waals surface area contributed by atoms with Gasteiger partial charge in [0.2, 0.25) is 5.91 Å². The maximum atomic E-state index is 13.2. The van der Waals surface area contributed by atoms with Gasteiger partial charge >= 0.3 is 12.0 Å². The number of hydrogen-bond acceptors (Lipinski definition) is 4. The molecule has 1 aliphatic rings. The molecular formula is C24H29N3O4. The number of rotatable bonds is 7. The number of esters is 1. The van der Waals surface area contributed by atoms with E-state index < -0.39 is 12.1 Å². The number of carbonyl (C=O) groups excluding carboxylic acids is 3. The molecule has 0 spiro atoms. The van der Waals surface area contributed by atoms with E-state index in [0.29, 0.717) is 18.8 Å². The number of hydrogen-bond donors (Lipinski definition) is 2. The lowest BCUT2D eigenvalue weighted by atomic mass is 10.0. The molecule has 2 aromatic carbocycles. The molecule has 3 rings (SSSR count). The zero-order valence-corrected chi connectivity index (χ0v) is 18.2. The summed E-state index contributed by atoms with van der Waals surface area (Å²) in [7, 11) is 0. The van der Waals surface area contributed by atoms with Crippen LogP contribution < -0.4 is 15.5 Å². The number of ether oxygens (including phenoxy) is 1. The highest BCUT2D eigenvalue weighted by molar-refractivity contribution is 6.02. The van der Waals surface area contributed by atoms with E-state index in [1.54, 1.807) is 36.1 Å². The van der Waals surface area contributed by atoms with Crippen molar-refractivity contribution in [3.8, 4) is 0 Å². The fourth-order valence-corrected chi connectivity index (χ4v) is 3.64. The first-order chi connectivity index (χ1) is 14.9. The summed E-state index contributed by atoms with van der Waals surface area (Å²) in [6.45, 7) is 6.55. The molecular weight excluding hydrogens is 394 g/mol. The zero-order chi connectivity index (χ0) is 22.4.